The lowest BCUT2D eigenvalue weighted by Gasteiger charge is -2.09. The van der Waals surface area contributed by atoms with Crippen molar-refractivity contribution < 1.29 is 5.11 Å². The number of nitrogens with zero attached hydrogens (tertiary/aromatic N) is 2. The molecule has 4 nitrogen and oxygen atoms in total. The van der Waals surface area contributed by atoms with Crippen LogP contribution in [0, 0.1) is 6.92 Å². The lowest BCUT2D eigenvalue weighted by atomic mass is 10.2. The summed E-state index contributed by atoms with van der Waals surface area (Å²) in [6.07, 6.45) is 1.54. The number of fused-ring (bicyclic) bond motifs is 1. The third kappa shape index (κ3) is 2.70. The number of thiophene rings is 1. The second kappa shape index (κ2) is 5.94. The Bertz CT molecular complexity index is 1010. The van der Waals surface area contributed by atoms with E-state index in [4.69, 9.17) is 0 Å². The van der Waals surface area contributed by atoms with Crippen molar-refractivity contribution in [3.63, 3.8) is 0 Å². The average molecular weight is 333 g/mol. The second-order valence-electron chi connectivity index (χ2n) is 5.56. The summed E-state index contributed by atoms with van der Waals surface area (Å²) in [5.74, 6) is 0.894. The molecule has 24 heavy (non-hydrogen) atoms. The predicted molar refractivity (Wildman–Crippen MR) is 99.0 cm³/mol. The number of anilines is 2. The third-order valence-corrected chi connectivity index (χ3v) is 4.88. The van der Waals surface area contributed by atoms with Crippen molar-refractivity contribution in [1.29, 1.82) is 0 Å². The number of aromatic hydroxyl groups is 1. The van der Waals surface area contributed by atoms with Gasteiger partial charge in [-0.2, -0.15) is 0 Å². The molecule has 0 aliphatic heterocycles. The lowest BCUT2D eigenvalue weighted by Crippen LogP contribution is -1.95. The van der Waals surface area contributed by atoms with E-state index in [1.165, 1.54) is 0 Å². The summed E-state index contributed by atoms with van der Waals surface area (Å²) in [6, 6.07) is 17.7. The highest BCUT2D eigenvalue weighted by atomic mass is 32.1. The zero-order valence-corrected chi connectivity index (χ0v) is 13.8. The van der Waals surface area contributed by atoms with E-state index in [9.17, 15) is 5.11 Å². The molecule has 2 aromatic carbocycles. The normalized spacial score (nSPS) is 10.9. The summed E-state index contributed by atoms with van der Waals surface area (Å²) in [5, 5.41) is 14.2. The number of phenolic OH excluding ortho intramolecular Hbond substituents is 1. The van der Waals surface area contributed by atoms with Crippen LogP contribution in [-0.4, -0.2) is 15.1 Å². The number of aromatic nitrogens is 2. The number of phenols is 1. The number of rotatable bonds is 3. The van der Waals surface area contributed by atoms with Gasteiger partial charge in [0, 0.05) is 4.88 Å². The molecule has 0 saturated carbocycles. The van der Waals surface area contributed by atoms with Crippen molar-refractivity contribution in [3.05, 3.63) is 66.5 Å². The van der Waals surface area contributed by atoms with E-state index >= 15 is 0 Å². The van der Waals surface area contributed by atoms with Crippen molar-refractivity contribution >= 4 is 33.1 Å². The van der Waals surface area contributed by atoms with Crippen LogP contribution in [0.5, 0.6) is 5.75 Å². The summed E-state index contributed by atoms with van der Waals surface area (Å²) >= 11 is 1.63. The Morgan fingerprint density at radius 1 is 1.00 bits per heavy atom. The largest absolute Gasteiger partial charge is 0.506 e. The number of aryl methyl sites for hydroxylation is 1. The van der Waals surface area contributed by atoms with Gasteiger partial charge in [0.05, 0.1) is 11.1 Å². The number of hydrogen-bond acceptors (Lipinski definition) is 5. The van der Waals surface area contributed by atoms with Gasteiger partial charge < -0.3 is 10.4 Å². The van der Waals surface area contributed by atoms with Gasteiger partial charge in [-0.1, -0.05) is 36.4 Å². The molecular weight excluding hydrogens is 318 g/mol. The van der Waals surface area contributed by atoms with Crippen LogP contribution >= 0.6 is 11.3 Å². The number of benzene rings is 2. The fraction of sp³-hybridized carbons (Fsp3) is 0.0526. The van der Waals surface area contributed by atoms with Crippen LogP contribution in [-0.2, 0) is 0 Å². The van der Waals surface area contributed by atoms with Crippen molar-refractivity contribution in [2.24, 2.45) is 0 Å². The number of nitrogens with one attached hydrogen (secondary N) is 1. The smallest absolute Gasteiger partial charge is 0.142 e. The minimum atomic E-state index is 0.200. The molecule has 0 unspecified atom stereocenters. The summed E-state index contributed by atoms with van der Waals surface area (Å²) in [4.78, 5) is 10.8. The van der Waals surface area contributed by atoms with Crippen molar-refractivity contribution in [2.45, 2.75) is 6.92 Å². The fourth-order valence-electron chi connectivity index (χ4n) is 2.58. The molecule has 4 rings (SSSR count). The van der Waals surface area contributed by atoms with Crippen LogP contribution in [0.4, 0.5) is 11.5 Å². The molecule has 2 N–H and O–H groups in total. The molecule has 0 fully saturated rings. The van der Waals surface area contributed by atoms with E-state index in [2.05, 4.69) is 33.5 Å². The highest BCUT2D eigenvalue weighted by Crippen LogP contribution is 2.36. The van der Waals surface area contributed by atoms with E-state index in [-0.39, 0.29) is 5.75 Å². The van der Waals surface area contributed by atoms with Gasteiger partial charge in [0.25, 0.3) is 0 Å². The van der Waals surface area contributed by atoms with Gasteiger partial charge in [-0.15, -0.1) is 11.3 Å². The van der Waals surface area contributed by atoms with Crippen molar-refractivity contribution in [3.8, 4) is 16.2 Å². The summed E-state index contributed by atoms with van der Waals surface area (Å²) < 4.78 is 0. The van der Waals surface area contributed by atoms with Gasteiger partial charge in [-0.25, -0.2) is 9.97 Å². The quantitative estimate of drug-likeness (QED) is 0.511. The molecule has 0 bridgehead atoms. The van der Waals surface area contributed by atoms with Gasteiger partial charge in [0.1, 0.15) is 22.7 Å². The minimum Gasteiger partial charge on any atom is -0.506 e. The van der Waals surface area contributed by atoms with Gasteiger partial charge in [-0.05, 0) is 36.2 Å². The van der Waals surface area contributed by atoms with Crippen LogP contribution < -0.4 is 5.32 Å². The molecule has 0 amide bonds. The van der Waals surface area contributed by atoms with Gasteiger partial charge in [0.15, 0.2) is 0 Å². The Morgan fingerprint density at radius 2 is 1.83 bits per heavy atom. The number of hydrogen-bond donors (Lipinski definition) is 2. The van der Waals surface area contributed by atoms with Crippen molar-refractivity contribution in [1.82, 2.24) is 9.97 Å². The van der Waals surface area contributed by atoms with Crippen LogP contribution in [0.15, 0.2) is 60.9 Å². The Labute approximate surface area is 143 Å². The zero-order chi connectivity index (χ0) is 16.5. The first kappa shape index (κ1) is 14.7. The maximum Gasteiger partial charge on any atom is 0.142 e. The zero-order valence-electron chi connectivity index (χ0n) is 13.0. The molecule has 0 saturated heterocycles. The highest BCUT2D eigenvalue weighted by molar-refractivity contribution is 7.21. The van der Waals surface area contributed by atoms with E-state index in [0.717, 1.165) is 26.2 Å². The van der Waals surface area contributed by atoms with E-state index in [0.29, 0.717) is 11.5 Å². The Hall–Kier alpha value is -2.92. The monoisotopic (exact) mass is 333 g/mol. The first-order valence-electron chi connectivity index (χ1n) is 7.57. The highest BCUT2D eigenvalue weighted by Gasteiger charge is 2.11. The molecule has 118 valence electrons. The first-order chi connectivity index (χ1) is 11.7. The molecule has 2 aromatic heterocycles. The molecule has 0 spiro atoms. The van der Waals surface area contributed by atoms with Gasteiger partial charge in [0.2, 0.25) is 0 Å². The lowest BCUT2D eigenvalue weighted by molar-refractivity contribution is 0.477. The Balaban J connectivity index is 1.79. The Kier molecular flexibility index (Phi) is 3.63. The molecule has 0 radical (unpaired) electrons. The summed E-state index contributed by atoms with van der Waals surface area (Å²) in [5.41, 5.74) is 2.86. The third-order valence-electron chi connectivity index (χ3n) is 3.79. The molecule has 2 heterocycles. The SMILES string of the molecule is Cc1ccc(O)c(Nc2ncnc3sc(-c4ccccc4)cc23)c1. The maximum atomic E-state index is 10.0. The molecule has 4 aromatic rings. The Morgan fingerprint density at radius 3 is 2.67 bits per heavy atom. The van der Waals surface area contributed by atoms with Crippen molar-refractivity contribution in [2.75, 3.05) is 5.32 Å². The maximum absolute atomic E-state index is 10.0. The molecule has 0 aliphatic carbocycles. The van der Waals surface area contributed by atoms with Gasteiger partial charge in [-0.3, -0.25) is 0 Å². The molecule has 0 atom stereocenters. The standard InChI is InChI=1S/C19H15N3OS/c1-12-7-8-16(23)15(9-12)22-18-14-10-17(13-5-3-2-4-6-13)24-19(14)21-11-20-18/h2-11,23H,1H3,(H,20,21,22). The topological polar surface area (TPSA) is 58.0 Å². The summed E-state index contributed by atoms with van der Waals surface area (Å²) in [7, 11) is 0. The molecule has 0 aliphatic rings. The average Bonchev–Trinajstić information content (AvgIpc) is 3.04. The van der Waals surface area contributed by atoms with Crippen LogP contribution in [0.25, 0.3) is 20.7 Å². The molecular formula is C19H15N3OS. The van der Waals surface area contributed by atoms with E-state index in [1.54, 1.807) is 23.7 Å². The van der Waals surface area contributed by atoms with Gasteiger partial charge >= 0.3 is 0 Å². The van der Waals surface area contributed by atoms with E-state index in [1.807, 2.05) is 37.3 Å². The fourth-order valence-corrected chi connectivity index (χ4v) is 3.58. The van der Waals surface area contributed by atoms with Crippen LogP contribution in [0.3, 0.4) is 0 Å². The first-order valence-corrected chi connectivity index (χ1v) is 8.39. The predicted octanol–water partition coefficient (Wildman–Crippen LogP) is 5.12. The van der Waals surface area contributed by atoms with E-state index < -0.39 is 0 Å². The summed E-state index contributed by atoms with van der Waals surface area (Å²) in [6.45, 7) is 1.98. The molecule has 5 heteroatoms. The van der Waals surface area contributed by atoms with Crippen LogP contribution in [0.2, 0.25) is 0 Å². The second-order valence-corrected chi connectivity index (χ2v) is 6.59. The van der Waals surface area contributed by atoms with Crippen LogP contribution in [0.1, 0.15) is 5.56 Å². The minimum absolute atomic E-state index is 0.200.